The van der Waals surface area contributed by atoms with E-state index >= 15 is 0 Å². The molecule has 1 aliphatic heterocycles. The molecule has 1 aromatic heterocycles. The van der Waals surface area contributed by atoms with E-state index in [1.807, 2.05) is 0 Å². The molecule has 116 valence electrons. The summed E-state index contributed by atoms with van der Waals surface area (Å²) in [5, 5.41) is 10.5. The van der Waals surface area contributed by atoms with E-state index in [4.69, 9.17) is 16.0 Å². The molecule has 0 saturated carbocycles. The molecule has 3 rings (SSSR count). The Morgan fingerprint density at radius 2 is 1.83 bits per heavy atom. The second kappa shape index (κ2) is 5.69. The third-order valence-electron chi connectivity index (χ3n) is 3.37. The van der Waals surface area contributed by atoms with Crippen LogP contribution < -0.4 is 0 Å². The third-order valence-corrected chi connectivity index (χ3v) is 3.72. The fourth-order valence-electron chi connectivity index (χ4n) is 2.25. The average Bonchev–Trinajstić information content (AvgIpc) is 3.11. The van der Waals surface area contributed by atoms with Gasteiger partial charge in [-0.15, -0.1) is 0 Å². The first kappa shape index (κ1) is 15.0. The minimum atomic E-state index is -0.624. The number of halogens is 1. The van der Waals surface area contributed by atoms with Crippen molar-refractivity contribution >= 4 is 34.7 Å². The van der Waals surface area contributed by atoms with Crippen LogP contribution in [0, 0.1) is 10.1 Å². The highest BCUT2D eigenvalue weighted by atomic mass is 35.5. The van der Waals surface area contributed by atoms with Gasteiger partial charge in [0.1, 0.15) is 10.8 Å². The maximum atomic E-state index is 12.5. The Morgan fingerprint density at radius 1 is 1.13 bits per heavy atom. The zero-order valence-electron chi connectivity index (χ0n) is 11.6. The first-order valence-corrected chi connectivity index (χ1v) is 6.90. The van der Waals surface area contributed by atoms with Gasteiger partial charge in [0.2, 0.25) is 0 Å². The number of nitro groups is 1. The summed E-state index contributed by atoms with van der Waals surface area (Å²) in [4.78, 5) is 35.7. The number of imide groups is 1. The first-order valence-electron chi connectivity index (χ1n) is 6.52. The van der Waals surface area contributed by atoms with E-state index in [0.717, 1.165) is 4.90 Å². The van der Waals surface area contributed by atoms with Gasteiger partial charge >= 0.3 is 0 Å². The van der Waals surface area contributed by atoms with E-state index in [0.29, 0.717) is 11.3 Å². The van der Waals surface area contributed by atoms with Gasteiger partial charge in [0.05, 0.1) is 23.3 Å². The zero-order valence-corrected chi connectivity index (χ0v) is 12.3. The monoisotopic (exact) mass is 332 g/mol. The molecule has 0 aliphatic carbocycles. The van der Waals surface area contributed by atoms with Crippen molar-refractivity contribution in [1.82, 2.24) is 4.90 Å². The molecular formula is C15H9ClN2O5. The minimum Gasteiger partial charge on any atom is -0.467 e. The predicted molar refractivity (Wildman–Crippen MR) is 80.1 cm³/mol. The molecule has 0 N–H and O–H groups in total. The fraction of sp³-hybridized carbons (Fsp3) is 0.0667. The summed E-state index contributed by atoms with van der Waals surface area (Å²) in [5.74, 6) is -0.743. The lowest BCUT2D eigenvalue weighted by Crippen LogP contribution is -2.30. The molecule has 0 fully saturated rings. The van der Waals surface area contributed by atoms with Gasteiger partial charge in [-0.05, 0) is 29.8 Å². The van der Waals surface area contributed by atoms with Crippen molar-refractivity contribution in [3.8, 4) is 0 Å². The number of amides is 2. The predicted octanol–water partition coefficient (Wildman–Crippen LogP) is 2.71. The van der Waals surface area contributed by atoms with Gasteiger partial charge in [-0.1, -0.05) is 11.6 Å². The molecule has 2 amide bonds. The molecule has 1 aromatic carbocycles. The summed E-state index contributed by atoms with van der Waals surface area (Å²) in [6, 6.07) is 8.55. The Hall–Kier alpha value is -2.93. The van der Waals surface area contributed by atoms with Crippen LogP contribution in [0.25, 0.3) is 5.57 Å². The molecule has 8 heteroatoms. The van der Waals surface area contributed by atoms with Gasteiger partial charge in [0, 0.05) is 12.1 Å². The lowest BCUT2D eigenvalue weighted by molar-refractivity contribution is -0.384. The molecule has 0 atom stereocenters. The Kier molecular flexibility index (Phi) is 3.71. The van der Waals surface area contributed by atoms with Crippen molar-refractivity contribution < 1.29 is 18.9 Å². The summed E-state index contributed by atoms with van der Waals surface area (Å²) < 4.78 is 5.13. The maximum Gasteiger partial charge on any atom is 0.273 e. The van der Waals surface area contributed by atoms with Crippen molar-refractivity contribution in [2.45, 2.75) is 6.54 Å². The van der Waals surface area contributed by atoms with Gasteiger partial charge in [-0.2, -0.15) is 0 Å². The Bertz CT molecular complexity index is 824. The largest absolute Gasteiger partial charge is 0.467 e. The van der Waals surface area contributed by atoms with E-state index in [9.17, 15) is 19.7 Å². The topological polar surface area (TPSA) is 93.7 Å². The fourth-order valence-corrected chi connectivity index (χ4v) is 2.54. The Morgan fingerprint density at radius 3 is 2.39 bits per heavy atom. The maximum absolute atomic E-state index is 12.5. The SMILES string of the molecule is O=C1C(Cl)=C(c2ccc([N+](=O)[O-])cc2)C(=O)N1Cc1ccco1. The highest BCUT2D eigenvalue weighted by molar-refractivity contribution is 6.55. The van der Waals surface area contributed by atoms with Crippen LogP contribution in [-0.2, 0) is 16.1 Å². The lowest BCUT2D eigenvalue weighted by atomic mass is 10.1. The number of nitrogens with zero attached hydrogens (tertiary/aromatic N) is 2. The van der Waals surface area contributed by atoms with E-state index in [-0.39, 0.29) is 22.8 Å². The average molecular weight is 333 g/mol. The van der Waals surface area contributed by atoms with Gasteiger partial charge in [0.15, 0.2) is 0 Å². The number of carbonyl (C=O) groups excluding carboxylic acids is 2. The Balaban J connectivity index is 1.91. The molecule has 0 saturated heterocycles. The summed E-state index contributed by atoms with van der Waals surface area (Å²) in [5.41, 5.74) is 0.258. The highest BCUT2D eigenvalue weighted by Gasteiger charge is 2.38. The number of nitro benzene ring substituents is 1. The summed E-state index contributed by atoms with van der Waals surface area (Å²) in [7, 11) is 0. The molecule has 2 heterocycles. The van der Waals surface area contributed by atoms with E-state index in [1.54, 1.807) is 12.1 Å². The number of hydrogen-bond donors (Lipinski definition) is 0. The third kappa shape index (κ3) is 2.62. The molecule has 0 spiro atoms. The summed E-state index contributed by atoms with van der Waals surface area (Å²) in [6.45, 7) is -0.0304. The van der Waals surface area contributed by atoms with Crippen LogP contribution >= 0.6 is 11.6 Å². The van der Waals surface area contributed by atoms with Crippen LogP contribution in [0.1, 0.15) is 11.3 Å². The molecule has 0 bridgehead atoms. The van der Waals surface area contributed by atoms with Crippen LogP contribution in [0.4, 0.5) is 5.69 Å². The van der Waals surface area contributed by atoms with E-state index in [2.05, 4.69) is 0 Å². The van der Waals surface area contributed by atoms with Gasteiger partial charge in [-0.3, -0.25) is 24.6 Å². The number of furan rings is 1. The smallest absolute Gasteiger partial charge is 0.273 e. The summed E-state index contributed by atoms with van der Waals surface area (Å²) in [6.07, 6.45) is 1.44. The Labute approximate surface area is 134 Å². The number of hydrogen-bond acceptors (Lipinski definition) is 5. The van der Waals surface area contributed by atoms with Crippen LogP contribution in [0.3, 0.4) is 0 Å². The minimum absolute atomic E-state index is 0.0260. The second-order valence-corrected chi connectivity index (χ2v) is 5.15. The van der Waals surface area contributed by atoms with Crippen LogP contribution in [0.5, 0.6) is 0 Å². The van der Waals surface area contributed by atoms with Crippen molar-refractivity contribution in [1.29, 1.82) is 0 Å². The second-order valence-electron chi connectivity index (χ2n) is 4.77. The van der Waals surface area contributed by atoms with Gasteiger partial charge < -0.3 is 4.42 Å². The summed E-state index contributed by atoms with van der Waals surface area (Å²) >= 11 is 6.00. The van der Waals surface area contributed by atoms with Crippen molar-refractivity contribution in [3.05, 3.63) is 69.1 Å². The van der Waals surface area contributed by atoms with Crippen molar-refractivity contribution in [2.24, 2.45) is 0 Å². The van der Waals surface area contributed by atoms with E-state index in [1.165, 1.54) is 30.5 Å². The standard InChI is InChI=1S/C15H9ClN2O5/c16-13-12(9-3-5-10(6-4-9)18(21)22)14(19)17(15(13)20)8-11-2-1-7-23-11/h1-7H,8H2. The van der Waals surface area contributed by atoms with Crippen LogP contribution in [0.15, 0.2) is 52.1 Å². The quantitative estimate of drug-likeness (QED) is 0.487. The normalized spacial score (nSPS) is 14.7. The molecule has 7 nitrogen and oxygen atoms in total. The molecule has 1 aliphatic rings. The molecule has 0 unspecified atom stereocenters. The number of non-ortho nitro benzene ring substituents is 1. The molecule has 2 aromatic rings. The highest BCUT2D eigenvalue weighted by Crippen LogP contribution is 2.33. The van der Waals surface area contributed by atoms with E-state index < -0.39 is 16.7 Å². The van der Waals surface area contributed by atoms with Gasteiger partial charge in [-0.25, -0.2) is 0 Å². The number of carbonyl (C=O) groups is 2. The van der Waals surface area contributed by atoms with Crippen LogP contribution in [0.2, 0.25) is 0 Å². The molecule has 0 radical (unpaired) electrons. The molecular weight excluding hydrogens is 324 g/mol. The molecule has 23 heavy (non-hydrogen) atoms. The van der Waals surface area contributed by atoms with Gasteiger partial charge in [0.25, 0.3) is 17.5 Å². The van der Waals surface area contributed by atoms with Crippen LogP contribution in [-0.4, -0.2) is 21.6 Å². The lowest BCUT2D eigenvalue weighted by Gasteiger charge is -2.12. The number of benzene rings is 1. The zero-order chi connectivity index (χ0) is 16.6. The number of rotatable bonds is 4. The first-order chi connectivity index (χ1) is 11.0. The van der Waals surface area contributed by atoms with Crippen molar-refractivity contribution in [2.75, 3.05) is 0 Å². The van der Waals surface area contributed by atoms with Crippen molar-refractivity contribution in [3.63, 3.8) is 0 Å².